The first-order valence-electron chi connectivity index (χ1n) is 2.61. The van der Waals surface area contributed by atoms with E-state index in [-0.39, 0.29) is 20.3 Å². The Morgan fingerprint density at radius 2 is 2.50 bits per heavy atom. The van der Waals surface area contributed by atoms with Crippen LogP contribution in [0.4, 0.5) is 0 Å². The van der Waals surface area contributed by atoms with E-state index >= 15 is 0 Å². The van der Waals surface area contributed by atoms with Gasteiger partial charge in [-0.3, -0.25) is 0 Å². The molecule has 0 unspecified atom stereocenters. The van der Waals surface area contributed by atoms with Gasteiger partial charge in [-0.15, -0.1) is 0 Å². The van der Waals surface area contributed by atoms with Crippen LogP contribution in [-0.2, 0) is 14.1 Å². The van der Waals surface area contributed by atoms with Crippen molar-refractivity contribution in [3.8, 4) is 5.63 Å². The van der Waals surface area contributed by atoms with Gasteiger partial charge >= 0.3 is 59.3 Å². The number of esters is 1. The molecule has 0 aliphatic carbocycles. The summed E-state index contributed by atoms with van der Waals surface area (Å²) in [6.45, 7) is 0. The fraction of sp³-hybridized carbons (Fsp3) is 0.333. The summed E-state index contributed by atoms with van der Waals surface area (Å²) in [6.07, 6.45) is 3.14. The van der Waals surface area contributed by atoms with Crippen LogP contribution in [0.25, 0.3) is 0 Å². The Morgan fingerprint density at radius 1 is 1.80 bits per heavy atom. The minimum atomic E-state index is -0.319. The first-order chi connectivity index (χ1) is 4.81. The molecule has 0 spiro atoms. The molecule has 0 N–H and O–H groups in total. The van der Waals surface area contributed by atoms with Crippen molar-refractivity contribution in [1.82, 2.24) is 0 Å². The number of hydrogen-bond acceptors (Lipinski definition) is 3. The zero-order chi connectivity index (χ0) is 7.82. The molecule has 54 valence electrons. The number of methoxy groups -OCH3 is 1. The summed E-state index contributed by atoms with van der Waals surface area (Å²) < 4.78 is 14.1. The molecular formula is C6H7O3P. The summed E-state index contributed by atoms with van der Waals surface area (Å²) in [4.78, 5) is 10.4. The van der Waals surface area contributed by atoms with Crippen LogP contribution < -0.4 is 0 Å². The molecule has 0 saturated heterocycles. The van der Waals surface area contributed by atoms with Crippen molar-refractivity contribution < 1.29 is 14.1 Å². The molecule has 0 aromatic rings. The minimum absolute atomic E-state index is 0.178. The molecule has 0 fully saturated rings. The Balaban J connectivity index is 3.60. The third-order valence-corrected chi connectivity index (χ3v) is 1.01. The fourth-order valence-corrected chi connectivity index (χ4v) is 0.488. The Kier molecular flexibility index (Phi) is 5.85. The molecule has 0 atom stereocenters. The molecule has 0 heterocycles. The Labute approximate surface area is 60.2 Å². The van der Waals surface area contributed by atoms with Crippen LogP contribution in [0.5, 0.6) is 0 Å². The standard InChI is InChI=1S/C6H7O3P/c1-9-6(7)4-2-3-5-10-8/h2-3H,4H2,1H3. The predicted molar refractivity (Wildman–Crippen MR) is 37.3 cm³/mol. The summed E-state index contributed by atoms with van der Waals surface area (Å²) in [5.74, 6) is -0.319. The van der Waals surface area contributed by atoms with Crippen molar-refractivity contribution in [3.05, 3.63) is 12.2 Å². The maximum absolute atomic E-state index is 10.4. The topological polar surface area (TPSA) is 43.4 Å². The zero-order valence-electron chi connectivity index (χ0n) is 5.53. The average Bonchev–Trinajstić information content (AvgIpc) is 1.98. The second-order valence-electron chi connectivity index (χ2n) is 1.40. The molecule has 0 aromatic carbocycles. The summed E-state index contributed by atoms with van der Waals surface area (Å²) in [5, 5.41) is 0. The van der Waals surface area contributed by atoms with Crippen molar-refractivity contribution in [2.24, 2.45) is 0 Å². The third-order valence-electron chi connectivity index (χ3n) is 0.757. The quantitative estimate of drug-likeness (QED) is 0.450. The van der Waals surface area contributed by atoms with Crippen LogP contribution in [0, 0.1) is 5.63 Å². The van der Waals surface area contributed by atoms with E-state index < -0.39 is 0 Å². The summed E-state index contributed by atoms with van der Waals surface area (Å²) in [5.41, 5.74) is 2.36. The van der Waals surface area contributed by atoms with Crippen LogP contribution in [0.1, 0.15) is 6.42 Å². The van der Waals surface area contributed by atoms with E-state index in [1.54, 1.807) is 0 Å². The predicted octanol–water partition coefficient (Wildman–Crippen LogP) is 1.36. The van der Waals surface area contributed by atoms with Crippen molar-refractivity contribution in [1.29, 1.82) is 0 Å². The molecule has 3 nitrogen and oxygen atoms in total. The summed E-state index contributed by atoms with van der Waals surface area (Å²) in [6, 6.07) is 0. The van der Waals surface area contributed by atoms with Crippen molar-refractivity contribution in [3.63, 3.8) is 0 Å². The second kappa shape index (κ2) is 6.34. The third kappa shape index (κ3) is 5.36. The van der Waals surface area contributed by atoms with E-state index in [0.29, 0.717) is 0 Å². The average molecular weight is 158 g/mol. The Hall–Kier alpha value is -0.780. The molecule has 0 aliphatic rings. The number of carbonyl (C=O) groups is 1. The van der Waals surface area contributed by atoms with Gasteiger partial charge in [0.15, 0.2) is 0 Å². The van der Waals surface area contributed by atoms with Gasteiger partial charge in [-0.2, -0.15) is 0 Å². The molecule has 0 amide bonds. The number of carbonyl (C=O) groups excluding carboxylic acids is 1. The molecular weight excluding hydrogens is 151 g/mol. The van der Waals surface area contributed by atoms with E-state index in [9.17, 15) is 9.36 Å². The van der Waals surface area contributed by atoms with Gasteiger partial charge in [0.25, 0.3) is 0 Å². The van der Waals surface area contributed by atoms with Gasteiger partial charge in [0.05, 0.1) is 0 Å². The van der Waals surface area contributed by atoms with Crippen LogP contribution in [0.3, 0.4) is 0 Å². The molecule has 0 rings (SSSR count). The molecule has 0 aliphatic heterocycles. The number of rotatable bonds is 2. The van der Waals surface area contributed by atoms with E-state index in [4.69, 9.17) is 0 Å². The fourth-order valence-electron chi connectivity index (χ4n) is 0.322. The SMILES string of the molecule is COC(=O)CC=CC#P=O. The monoisotopic (exact) mass is 158 g/mol. The number of allylic oxidation sites excluding steroid dienone is 1. The maximum atomic E-state index is 10.4. The first kappa shape index (κ1) is 9.22. The van der Waals surface area contributed by atoms with Crippen LogP contribution >= 0.6 is 7.92 Å². The summed E-state index contributed by atoms with van der Waals surface area (Å²) >= 11 is 0. The van der Waals surface area contributed by atoms with Crippen molar-refractivity contribution in [2.45, 2.75) is 6.42 Å². The summed E-state index contributed by atoms with van der Waals surface area (Å²) in [7, 11) is 1.14. The van der Waals surface area contributed by atoms with E-state index in [1.165, 1.54) is 19.3 Å². The zero-order valence-corrected chi connectivity index (χ0v) is 6.43. The van der Waals surface area contributed by atoms with Gasteiger partial charge < -0.3 is 0 Å². The van der Waals surface area contributed by atoms with E-state index in [0.717, 1.165) is 0 Å². The first-order valence-corrected chi connectivity index (χ1v) is 3.42. The van der Waals surface area contributed by atoms with Crippen LogP contribution in [0.15, 0.2) is 12.2 Å². The van der Waals surface area contributed by atoms with Gasteiger partial charge in [-0.05, 0) is 0 Å². The van der Waals surface area contributed by atoms with Gasteiger partial charge in [0, 0.05) is 0 Å². The Morgan fingerprint density at radius 3 is 3.00 bits per heavy atom. The van der Waals surface area contributed by atoms with Crippen molar-refractivity contribution >= 4 is 13.9 Å². The molecule has 0 aromatic heterocycles. The van der Waals surface area contributed by atoms with Crippen LogP contribution in [0.2, 0.25) is 0 Å². The molecule has 0 bridgehead atoms. The number of hydrogen-bond donors (Lipinski definition) is 0. The second-order valence-corrected chi connectivity index (χ2v) is 1.84. The normalized spacial score (nSPS) is 8.90. The molecule has 0 saturated carbocycles. The van der Waals surface area contributed by atoms with Gasteiger partial charge in [-0.1, -0.05) is 0 Å². The molecule has 10 heavy (non-hydrogen) atoms. The van der Waals surface area contributed by atoms with E-state index in [2.05, 4.69) is 10.4 Å². The van der Waals surface area contributed by atoms with Gasteiger partial charge in [-0.25, -0.2) is 0 Å². The van der Waals surface area contributed by atoms with Gasteiger partial charge in [0.2, 0.25) is 0 Å². The van der Waals surface area contributed by atoms with E-state index in [1.807, 2.05) is 0 Å². The molecule has 0 radical (unpaired) electrons. The number of ether oxygens (including phenoxy) is 1. The molecule has 4 heteroatoms. The van der Waals surface area contributed by atoms with Crippen molar-refractivity contribution in [2.75, 3.05) is 7.11 Å². The van der Waals surface area contributed by atoms with Crippen LogP contribution in [-0.4, -0.2) is 13.1 Å². The van der Waals surface area contributed by atoms with Gasteiger partial charge in [0.1, 0.15) is 0 Å². The Bertz CT molecular complexity index is 224.